The highest BCUT2D eigenvalue weighted by Crippen LogP contribution is 2.33. The third-order valence-corrected chi connectivity index (χ3v) is 4.89. The molecule has 4 aromatic rings. The van der Waals surface area contributed by atoms with Crippen LogP contribution in [-0.4, -0.2) is 11.5 Å². The lowest BCUT2D eigenvalue weighted by Gasteiger charge is -2.14. The van der Waals surface area contributed by atoms with Crippen molar-refractivity contribution in [3.05, 3.63) is 83.6 Å². The van der Waals surface area contributed by atoms with E-state index in [0.29, 0.717) is 12.4 Å². The molecule has 0 aliphatic heterocycles. The van der Waals surface area contributed by atoms with Crippen LogP contribution in [-0.2, 0) is 6.42 Å². The number of anilines is 2. The van der Waals surface area contributed by atoms with Gasteiger partial charge in [0.1, 0.15) is 0 Å². The fourth-order valence-electron chi connectivity index (χ4n) is 3.39. The fourth-order valence-corrected chi connectivity index (χ4v) is 3.52. The number of aromatic amines is 1. The van der Waals surface area contributed by atoms with Crippen molar-refractivity contribution in [2.75, 3.05) is 11.9 Å². The molecule has 0 radical (unpaired) electrons. The number of rotatable bonds is 6. The van der Waals surface area contributed by atoms with Gasteiger partial charge in [-0.1, -0.05) is 42.4 Å². The second-order valence-electron chi connectivity index (χ2n) is 6.52. The van der Waals surface area contributed by atoms with E-state index in [9.17, 15) is 0 Å². The number of aromatic nitrogens is 1. The lowest BCUT2D eigenvalue weighted by molar-refractivity contribution is 0.785. The van der Waals surface area contributed by atoms with Gasteiger partial charge >= 0.3 is 0 Å². The summed E-state index contributed by atoms with van der Waals surface area (Å²) in [4.78, 5) is 3.58. The van der Waals surface area contributed by atoms with Gasteiger partial charge in [-0.15, -0.1) is 0 Å². The second-order valence-corrected chi connectivity index (χ2v) is 6.96. The maximum absolute atomic E-state index is 6.01. The van der Waals surface area contributed by atoms with Gasteiger partial charge in [0.15, 0.2) is 0 Å². The molecule has 1 heterocycles. The van der Waals surface area contributed by atoms with E-state index in [0.717, 1.165) is 33.9 Å². The summed E-state index contributed by atoms with van der Waals surface area (Å²) in [5.74, 6) is 0.478. The van der Waals surface area contributed by atoms with E-state index >= 15 is 0 Å². The smallest absolute Gasteiger partial charge is 0.0885 e. The van der Waals surface area contributed by atoms with E-state index < -0.39 is 0 Å². The number of hydrogen-bond acceptors (Lipinski definition) is 3. The number of benzene rings is 3. The van der Waals surface area contributed by atoms with Gasteiger partial charge < -0.3 is 21.4 Å². The van der Waals surface area contributed by atoms with Crippen molar-refractivity contribution in [3.63, 3.8) is 0 Å². The Labute approximate surface area is 163 Å². The first-order valence-corrected chi connectivity index (χ1v) is 9.23. The van der Waals surface area contributed by atoms with Crippen molar-refractivity contribution < 1.29 is 0 Å². The van der Waals surface area contributed by atoms with Crippen molar-refractivity contribution in [2.45, 2.75) is 6.42 Å². The van der Waals surface area contributed by atoms with Crippen LogP contribution in [0.4, 0.5) is 11.4 Å². The number of halogens is 1. The first kappa shape index (κ1) is 17.3. The minimum absolute atomic E-state index is 0.478. The summed E-state index contributed by atoms with van der Waals surface area (Å²) >= 11 is 6.01. The number of fused-ring (bicyclic) bond motifs is 3. The van der Waals surface area contributed by atoms with Gasteiger partial charge in [0.2, 0.25) is 0 Å². The molecule has 0 fully saturated rings. The third kappa shape index (κ3) is 3.57. The average Bonchev–Trinajstić information content (AvgIpc) is 3.03. The molecule has 1 aromatic heterocycles. The van der Waals surface area contributed by atoms with Crippen LogP contribution in [0.3, 0.4) is 0 Å². The van der Waals surface area contributed by atoms with E-state index in [2.05, 4.69) is 52.5 Å². The van der Waals surface area contributed by atoms with Crippen LogP contribution in [0.15, 0.2) is 73.1 Å². The Bertz CT molecular complexity index is 1110. The Hall–Kier alpha value is -3.11. The highest BCUT2D eigenvalue weighted by Gasteiger charge is 2.12. The topological polar surface area (TPSA) is 65.9 Å². The Morgan fingerprint density at radius 2 is 1.78 bits per heavy atom. The van der Waals surface area contributed by atoms with E-state index in [1.165, 1.54) is 16.3 Å². The lowest BCUT2D eigenvalue weighted by Crippen LogP contribution is -2.21. The predicted octanol–water partition coefficient (Wildman–Crippen LogP) is 5.28. The molecule has 0 aliphatic carbocycles. The molecule has 0 spiro atoms. The van der Waals surface area contributed by atoms with Gasteiger partial charge in [-0.3, -0.25) is 0 Å². The zero-order valence-corrected chi connectivity index (χ0v) is 15.6. The quantitative estimate of drug-likeness (QED) is 0.370. The molecule has 4 rings (SSSR count). The number of hydrogen-bond donors (Lipinski definition) is 4. The molecule has 5 heteroatoms. The van der Waals surface area contributed by atoms with E-state index in [-0.39, 0.29) is 0 Å². The molecule has 0 amide bonds. The fraction of sp³-hybridized carbons (Fsp3) is 0.0909. The third-order valence-electron chi connectivity index (χ3n) is 4.64. The summed E-state index contributed by atoms with van der Waals surface area (Å²) in [5, 5.41) is 9.79. The Morgan fingerprint density at radius 3 is 2.56 bits per heavy atom. The number of para-hydroxylation sites is 1. The number of H-pyrrole nitrogens is 1. The Morgan fingerprint density at radius 1 is 1.00 bits per heavy atom. The van der Waals surface area contributed by atoms with Crippen molar-refractivity contribution in [2.24, 2.45) is 5.73 Å². The zero-order valence-electron chi connectivity index (χ0n) is 14.9. The van der Waals surface area contributed by atoms with Crippen LogP contribution in [0.1, 0.15) is 5.56 Å². The van der Waals surface area contributed by atoms with Crippen molar-refractivity contribution in [3.8, 4) is 0 Å². The normalized spacial score (nSPS) is 11.0. The summed E-state index contributed by atoms with van der Waals surface area (Å²) in [5.41, 5.74) is 11.2. The molecule has 0 bridgehead atoms. The molecule has 0 aliphatic rings. The molecule has 0 saturated carbocycles. The maximum Gasteiger partial charge on any atom is 0.0885 e. The number of nitrogens with one attached hydrogen (secondary N) is 3. The standard InChI is InChI=1S/C22H21ClN4/c1-14(24)25-13-12-19-21(26-16-8-6-15(23)7-9-16)11-10-18-17-4-2-3-5-20(17)27-22(18)19/h2-11,25-27H,1,12-13,24H2. The van der Waals surface area contributed by atoms with E-state index in [4.69, 9.17) is 17.3 Å². The highest BCUT2D eigenvalue weighted by molar-refractivity contribution is 6.30. The molecule has 0 atom stereocenters. The molecule has 3 aromatic carbocycles. The molecule has 27 heavy (non-hydrogen) atoms. The first-order chi connectivity index (χ1) is 13.1. The molecule has 4 nitrogen and oxygen atoms in total. The molecule has 0 unspecified atom stereocenters. The summed E-state index contributed by atoms with van der Waals surface area (Å²) in [6, 6.07) is 20.4. The number of nitrogens with two attached hydrogens (primary N) is 1. The van der Waals surface area contributed by atoms with Crippen molar-refractivity contribution in [1.29, 1.82) is 0 Å². The van der Waals surface area contributed by atoms with Crippen LogP contribution in [0.5, 0.6) is 0 Å². The predicted molar refractivity (Wildman–Crippen MR) is 116 cm³/mol. The summed E-state index contributed by atoms with van der Waals surface area (Å²) in [6.07, 6.45) is 0.802. The largest absolute Gasteiger partial charge is 0.386 e. The zero-order chi connectivity index (χ0) is 18.8. The Kier molecular flexibility index (Phi) is 4.65. The van der Waals surface area contributed by atoms with E-state index in [1.54, 1.807) is 0 Å². The molecule has 5 N–H and O–H groups in total. The van der Waals surface area contributed by atoms with Gasteiger partial charge in [-0.25, -0.2) is 0 Å². The molecular weight excluding hydrogens is 356 g/mol. The van der Waals surface area contributed by atoms with Crippen LogP contribution in [0.2, 0.25) is 5.02 Å². The van der Waals surface area contributed by atoms with Crippen LogP contribution < -0.4 is 16.4 Å². The molecule has 0 saturated heterocycles. The van der Waals surface area contributed by atoms with Gasteiger partial charge in [0, 0.05) is 44.8 Å². The first-order valence-electron chi connectivity index (χ1n) is 8.85. The van der Waals surface area contributed by atoms with Crippen LogP contribution in [0, 0.1) is 0 Å². The van der Waals surface area contributed by atoms with Crippen LogP contribution >= 0.6 is 11.6 Å². The Balaban J connectivity index is 1.79. The highest BCUT2D eigenvalue weighted by atomic mass is 35.5. The van der Waals surface area contributed by atoms with Crippen molar-refractivity contribution in [1.82, 2.24) is 10.3 Å². The minimum Gasteiger partial charge on any atom is -0.386 e. The summed E-state index contributed by atoms with van der Waals surface area (Å²) in [7, 11) is 0. The second kappa shape index (κ2) is 7.25. The summed E-state index contributed by atoms with van der Waals surface area (Å²) in [6.45, 7) is 4.42. The molecule has 136 valence electrons. The lowest BCUT2D eigenvalue weighted by atomic mass is 10.0. The van der Waals surface area contributed by atoms with Crippen LogP contribution in [0.25, 0.3) is 21.8 Å². The van der Waals surface area contributed by atoms with Gasteiger partial charge in [-0.05, 0) is 42.8 Å². The SMILES string of the molecule is C=C(N)NCCc1c(Nc2ccc(Cl)cc2)ccc2c1[nH]c1ccccc12. The minimum atomic E-state index is 0.478. The van der Waals surface area contributed by atoms with Gasteiger partial charge in [0.05, 0.1) is 11.3 Å². The summed E-state index contributed by atoms with van der Waals surface area (Å²) < 4.78 is 0. The molecular formula is C22H21ClN4. The van der Waals surface area contributed by atoms with Gasteiger partial charge in [0.25, 0.3) is 0 Å². The van der Waals surface area contributed by atoms with E-state index in [1.807, 2.05) is 30.3 Å². The van der Waals surface area contributed by atoms with Gasteiger partial charge in [-0.2, -0.15) is 0 Å². The van der Waals surface area contributed by atoms with Crippen molar-refractivity contribution >= 4 is 44.8 Å². The monoisotopic (exact) mass is 376 g/mol. The average molecular weight is 377 g/mol. The maximum atomic E-state index is 6.01.